The van der Waals surface area contributed by atoms with Crippen LogP contribution in [0.25, 0.3) is 11.1 Å². The van der Waals surface area contributed by atoms with Crippen molar-refractivity contribution in [2.45, 2.75) is 44.4 Å². The molecular formula is C36H37F3N4O2. The zero-order valence-electron chi connectivity index (χ0n) is 25.1. The number of hydrogen-bond donors (Lipinski definition) is 3. The number of alkyl halides is 3. The minimum atomic E-state index is -4.43. The Bertz CT molecular complexity index is 1570. The summed E-state index contributed by atoms with van der Waals surface area (Å²) in [7, 11) is 0. The van der Waals surface area contributed by atoms with Crippen LogP contribution in [0.3, 0.4) is 0 Å². The zero-order chi connectivity index (χ0) is 31.8. The highest BCUT2D eigenvalue weighted by atomic mass is 19.4. The molecule has 0 spiro atoms. The Morgan fingerprint density at radius 1 is 0.822 bits per heavy atom. The lowest BCUT2D eigenvalue weighted by Crippen LogP contribution is -2.46. The first kappa shape index (κ1) is 31.8. The van der Waals surface area contributed by atoms with Gasteiger partial charge in [0.25, 0.3) is 5.91 Å². The Morgan fingerprint density at radius 2 is 1.44 bits per heavy atom. The second-order valence-electron chi connectivity index (χ2n) is 11.2. The Morgan fingerprint density at radius 3 is 2.09 bits per heavy atom. The van der Waals surface area contributed by atoms with Gasteiger partial charge in [0.1, 0.15) is 6.04 Å². The van der Waals surface area contributed by atoms with Gasteiger partial charge in [0, 0.05) is 42.6 Å². The van der Waals surface area contributed by atoms with E-state index in [2.05, 4.69) is 20.9 Å². The summed E-state index contributed by atoms with van der Waals surface area (Å²) in [4.78, 5) is 28.5. The fourth-order valence-corrected chi connectivity index (χ4v) is 5.67. The molecular weight excluding hydrogens is 577 g/mol. The number of amides is 2. The summed E-state index contributed by atoms with van der Waals surface area (Å²) in [6.07, 6.45) is -1.78. The van der Waals surface area contributed by atoms with Crippen LogP contribution < -0.4 is 16.0 Å². The minimum absolute atomic E-state index is 0.0362. The van der Waals surface area contributed by atoms with Gasteiger partial charge in [-0.15, -0.1) is 0 Å². The highest BCUT2D eigenvalue weighted by Crippen LogP contribution is 2.32. The molecule has 6 nitrogen and oxygen atoms in total. The Balaban J connectivity index is 1.18. The van der Waals surface area contributed by atoms with Crippen molar-refractivity contribution in [3.63, 3.8) is 0 Å². The van der Waals surface area contributed by atoms with Crippen LogP contribution in [0, 0.1) is 0 Å². The van der Waals surface area contributed by atoms with E-state index in [0.717, 1.165) is 55.7 Å². The van der Waals surface area contributed by atoms with Gasteiger partial charge in [-0.2, -0.15) is 13.2 Å². The molecule has 1 heterocycles. The van der Waals surface area contributed by atoms with Gasteiger partial charge >= 0.3 is 6.18 Å². The van der Waals surface area contributed by atoms with Gasteiger partial charge in [-0.3, -0.25) is 14.5 Å². The zero-order valence-corrected chi connectivity index (χ0v) is 25.1. The molecule has 1 atom stereocenters. The second-order valence-corrected chi connectivity index (χ2v) is 11.2. The van der Waals surface area contributed by atoms with Crippen LogP contribution in [0.1, 0.15) is 53.7 Å². The molecule has 234 valence electrons. The van der Waals surface area contributed by atoms with Gasteiger partial charge in [0.2, 0.25) is 5.91 Å². The summed E-state index contributed by atoms with van der Waals surface area (Å²) in [6, 6.07) is 28.9. The largest absolute Gasteiger partial charge is 0.416 e. The van der Waals surface area contributed by atoms with Crippen LogP contribution in [0.15, 0.2) is 103 Å². The number of rotatable bonds is 10. The van der Waals surface area contributed by atoms with Gasteiger partial charge in [-0.25, -0.2) is 0 Å². The Hall–Kier alpha value is -4.63. The predicted octanol–water partition coefficient (Wildman–Crippen LogP) is 7.77. The highest BCUT2D eigenvalue weighted by Gasteiger charge is 2.31. The number of carbonyl (C=O) groups excluding carboxylic acids is 2. The second kappa shape index (κ2) is 14.4. The average Bonchev–Trinajstić information content (AvgIpc) is 3.06. The van der Waals surface area contributed by atoms with Crippen LogP contribution in [0.4, 0.5) is 24.5 Å². The lowest BCUT2D eigenvalue weighted by atomic mass is 9.98. The summed E-state index contributed by atoms with van der Waals surface area (Å²) in [5.41, 5.74) is 3.23. The number of piperidine rings is 1. The van der Waals surface area contributed by atoms with Gasteiger partial charge < -0.3 is 16.0 Å². The maximum absolute atomic E-state index is 13.2. The third kappa shape index (κ3) is 8.10. The molecule has 1 aliphatic rings. The lowest BCUT2D eigenvalue weighted by Gasteiger charge is -2.37. The Kier molecular flexibility index (Phi) is 10.2. The average molecular weight is 615 g/mol. The van der Waals surface area contributed by atoms with Gasteiger partial charge in [-0.1, -0.05) is 67.6 Å². The SMILES string of the molecule is CCCNC(=O)C(c1ccccc1)N1CCC(Nc2ccc(NC(=O)c3ccccc3-c3ccc(C(F)(F)F)cc3)cc2)CC1. The molecule has 2 amide bonds. The quantitative estimate of drug-likeness (QED) is 0.171. The number of benzene rings is 4. The smallest absolute Gasteiger partial charge is 0.382 e. The van der Waals surface area contributed by atoms with E-state index in [4.69, 9.17) is 0 Å². The number of hydrogen-bond acceptors (Lipinski definition) is 4. The van der Waals surface area contributed by atoms with E-state index in [1.54, 1.807) is 24.3 Å². The fourth-order valence-electron chi connectivity index (χ4n) is 5.67. The summed E-state index contributed by atoms with van der Waals surface area (Å²) < 4.78 is 39.0. The predicted molar refractivity (Wildman–Crippen MR) is 172 cm³/mol. The maximum Gasteiger partial charge on any atom is 0.416 e. The number of carbonyl (C=O) groups is 2. The van der Waals surface area contributed by atoms with Crippen LogP contribution in [0.2, 0.25) is 0 Å². The van der Waals surface area contributed by atoms with Crippen LogP contribution in [-0.4, -0.2) is 42.4 Å². The number of nitrogens with one attached hydrogen (secondary N) is 3. The topological polar surface area (TPSA) is 73.5 Å². The molecule has 1 saturated heterocycles. The van der Waals surface area contributed by atoms with E-state index in [1.165, 1.54) is 12.1 Å². The molecule has 0 aliphatic carbocycles. The molecule has 9 heteroatoms. The molecule has 1 aliphatic heterocycles. The number of anilines is 2. The van der Waals surface area contributed by atoms with E-state index in [1.807, 2.05) is 61.5 Å². The summed E-state index contributed by atoms with van der Waals surface area (Å²) in [6.45, 7) is 4.26. The van der Waals surface area contributed by atoms with Crippen molar-refractivity contribution in [3.05, 3.63) is 120 Å². The van der Waals surface area contributed by atoms with Crippen molar-refractivity contribution in [3.8, 4) is 11.1 Å². The standard InChI is InChI=1S/C36H37F3N4O2/c1-2-22-40-35(45)33(26-8-4-3-5-9-26)43-23-20-30(21-24-43)41-28-16-18-29(19-17-28)42-34(44)32-11-7-6-10-31(32)25-12-14-27(15-13-25)36(37,38)39/h3-19,30,33,41H,2,20-24H2,1H3,(H,40,45)(H,42,44). The van der Waals surface area contributed by atoms with Crippen LogP contribution in [-0.2, 0) is 11.0 Å². The van der Waals surface area contributed by atoms with Gasteiger partial charge in [0.15, 0.2) is 0 Å². The lowest BCUT2D eigenvalue weighted by molar-refractivity contribution is -0.137. The summed E-state index contributed by atoms with van der Waals surface area (Å²) >= 11 is 0. The number of halogens is 3. The monoisotopic (exact) mass is 614 g/mol. The van der Waals surface area contributed by atoms with Crippen LogP contribution in [0.5, 0.6) is 0 Å². The minimum Gasteiger partial charge on any atom is -0.382 e. The molecule has 5 rings (SSSR count). The molecule has 3 N–H and O–H groups in total. The van der Waals surface area contributed by atoms with Crippen molar-refractivity contribution in [2.24, 2.45) is 0 Å². The van der Waals surface area contributed by atoms with Crippen molar-refractivity contribution < 1.29 is 22.8 Å². The van der Waals surface area contributed by atoms with Gasteiger partial charge in [-0.05, 0) is 78.4 Å². The Labute approximate surface area is 261 Å². The molecule has 0 aromatic heterocycles. The third-order valence-electron chi connectivity index (χ3n) is 8.02. The van der Waals surface area contributed by atoms with Crippen LogP contribution >= 0.6 is 0 Å². The van der Waals surface area contributed by atoms with E-state index >= 15 is 0 Å². The number of nitrogens with zero attached hydrogens (tertiary/aromatic N) is 1. The van der Waals surface area contributed by atoms with Crippen molar-refractivity contribution in [1.29, 1.82) is 0 Å². The third-order valence-corrected chi connectivity index (χ3v) is 8.02. The molecule has 45 heavy (non-hydrogen) atoms. The van der Waals surface area contributed by atoms with E-state index in [0.29, 0.717) is 28.9 Å². The molecule has 4 aromatic rings. The summed E-state index contributed by atoms with van der Waals surface area (Å²) in [5.74, 6) is -0.316. The van der Waals surface area contributed by atoms with Crippen molar-refractivity contribution >= 4 is 23.2 Å². The molecule has 1 fully saturated rings. The molecule has 1 unspecified atom stereocenters. The molecule has 0 saturated carbocycles. The fraction of sp³-hybridized carbons (Fsp3) is 0.278. The molecule has 4 aromatic carbocycles. The van der Waals surface area contributed by atoms with E-state index in [9.17, 15) is 22.8 Å². The summed E-state index contributed by atoms with van der Waals surface area (Å²) in [5, 5.41) is 9.55. The van der Waals surface area contributed by atoms with Crippen molar-refractivity contribution in [2.75, 3.05) is 30.3 Å². The first-order chi connectivity index (χ1) is 21.7. The van der Waals surface area contributed by atoms with E-state index < -0.39 is 11.7 Å². The first-order valence-electron chi connectivity index (χ1n) is 15.2. The van der Waals surface area contributed by atoms with Gasteiger partial charge in [0.05, 0.1) is 5.56 Å². The highest BCUT2D eigenvalue weighted by molar-refractivity contribution is 6.08. The normalized spacial score (nSPS) is 14.8. The number of likely N-dealkylation sites (tertiary alicyclic amines) is 1. The maximum atomic E-state index is 13.2. The molecule has 0 bridgehead atoms. The first-order valence-corrected chi connectivity index (χ1v) is 15.2. The van der Waals surface area contributed by atoms with E-state index in [-0.39, 0.29) is 23.9 Å². The van der Waals surface area contributed by atoms with Crippen molar-refractivity contribution in [1.82, 2.24) is 10.2 Å². The molecule has 0 radical (unpaired) electrons.